The predicted octanol–water partition coefficient (Wildman–Crippen LogP) is 3.88. The fourth-order valence-corrected chi connectivity index (χ4v) is 3.97. The van der Waals surface area contributed by atoms with E-state index in [-0.39, 0.29) is 48.9 Å². The highest BCUT2D eigenvalue weighted by atomic mass is 35.5. The fourth-order valence-electron chi connectivity index (χ4n) is 3.84. The second-order valence-corrected chi connectivity index (χ2v) is 8.42. The fraction of sp³-hybridized carbons (Fsp3) is 0.292. The van der Waals surface area contributed by atoms with E-state index in [0.29, 0.717) is 11.4 Å². The number of carbonyl (C=O) groups is 2. The van der Waals surface area contributed by atoms with E-state index in [1.807, 2.05) is 19.1 Å². The number of likely N-dealkylation sites (N-methyl/N-ethyl adjacent to an activating group) is 1. The van der Waals surface area contributed by atoms with Crippen LogP contribution in [-0.4, -0.2) is 58.1 Å². The van der Waals surface area contributed by atoms with Crippen LogP contribution in [-0.2, 0) is 4.79 Å². The molecule has 1 atom stereocenters. The Hall–Kier alpha value is -3.43. The summed E-state index contributed by atoms with van der Waals surface area (Å²) in [6.07, 6.45) is 0.325. The molecule has 0 radical (unpaired) electrons. The molecule has 0 saturated carbocycles. The van der Waals surface area contributed by atoms with Crippen LogP contribution in [0.15, 0.2) is 48.5 Å². The number of halogens is 2. The summed E-state index contributed by atoms with van der Waals surface area (Å²) in [5, 5.41) is 9.82. The molecule has 0 fully saturated rings. The average Bonchev–Trinajstić information content (AvgIpc) is 3.15. The van der Waals surface area contributed by atoms with E-state index in [0.717, 1.165) is 5.56 Å². The monoisotopic (exact) mass is 486 g/mol. The van der Waals surface area contributed by atoms with Crippen LogP contribution in [0.2, 0.25) is 5.02 Å². The molecule has 1 N–H and O–H groups in total. The van der Waals surface area contributed by atoms with E-state index in [1.165, 1.54) is 28.0 Å². The number of hydrogen-bond acceptors (Lipinski definition) is 5. The Labute approximate surface area is 201 Å². The van der Waals surface area contributed by atoms with Gasteiger partial charge in [0.15, 0.2) is 11.5 Å². The number of nitrogens with zero attached hydrogens (tertiary/aromatic N) is 4. The maximum Gasteiger partial charge on any atom is 0.305 e. The molecule has 0 saturated heterocycles. The number of hydrogen-bond donors (Lipinski definition) is 1. The Morgan fingerprint density at radius 1 is 1.21 bits per heavy atom. The van der Waals surface area contributed by atoms with Crippen LogP contribution in [0.4, 0.5) is 10.2 Å². The minimum absolute atomic E-state index is 0.0371. The summed E-state index contributed by atoms with van der Waals surface area (Å²) in [5.74, 6) is -0.881. The maximum atomic E-state index is 13.8. The van der Waals surface area contributed by atoms with Gasteiger partial charge in [-0.15, -0.1) is 0 Å². The number of aliphatic hydroxyl groups is 1. The van der Waals surface area contributed by atoms with Crippen molar-refractivity contribution in [2.24, 2.45) is 0 Å². The Morgan fingerprint density at radius 3 is 2.62 bits per heavy atom. The van der Waals surface area contributed by atoms with Crippen molar-refractivity contribution in [1.82, 2.24) is 14.5 Å². The van der Waals surface area contributed by atoms with Gasteiger partial charge >= 0.3 is 6.01 Å². The molecule has 1 aliphatic heterocycles. The van der Waals surface area contributed by atoms with Gasteiger partial charge in [0.05, 0.1) is 6.04 Å². The number of aromatic nitrogens is 2. The van der Waals surface area contributed by atoms with Crippen LogP contribution in [0.25, 0.3) is 0 Å². The SMILES string of the molecule is C[C@@H](c1ccc(Cl)cc1)n1c(Oc2cccc(F)c2)nc2c1C(=O)N(CCCO)CC(=O)N2C. The zero-order valence-electron chi connectivity index (χ0n) is 18.7. The minimum Gasteiger partial charge on any atom is -0.425 e. The van der Waals surface area contributed by atoms with Gasteiger partial charge in [-0.05, 0) is 43.2 Å². The standard InChI is InChI=1S/C24H24ClFN4O4/c1-15(16-7-9-17(25)10-8-16)30-21-22(27-24(30)34-19-6-3-5-18(26)13-19)28(2)20(32)14-29(23(21)33)11-4-12-31/h3,5-10,13,15,31H,4,11-12,14H2,1-2H3/t15-/m0/s1. The summed E-state index contributed by atoms with van der Waals surface area (Å²) in [4.78, 5) is 33.6. The van der Waals surface area contributed by atoms with Crippen molar-refractivity contribution < 1.29 is 23.8 Å². The summed E-state index contributed by atoms with van der Waals surface area (Å²) >= 11 is 6.05. The number of rotatable bonds is 7. The van der Waals surface area contributed by atoms with E-state index in [9.17, 15) is 19.1 Å². The number of amides is 2. The largest absolute Gasteiger partial charge is 0.425 e. The van der Waals surface area contributed by atoms with Crippen molar-refractivity contribution in [2.75, 3.05) is 31.6 Å². The summed E-state index contributed by atoms with van der Waals surface area (Å²) < 4.78 is 21.3. The Bertz CT molecular complexity index is 1210. The molecule has 2 heterocycles. The lowest BCUT2D eigenvalue weighted by molar-refractivity contribution is -0.118. The molecular formula is C24H24ClFN4O4. The number of carbonyl (C=O) groups excluding carboxylic acids is 2. The van der Waals surface area contributed by atoms with Crippen LogP contribution in [0.5, 0.6) is 11.8 Å². The second kappa shape index (κ2) is 9.82. The second-order valence-electron chi connectivity index (χ2n) is 7.98. The van der Waals surface area contributed by atoms with Gasteiger partial charge in [-0.2, -0.15) is 4.98 Å². The number of imidazole rings is 1. The first-order chi connectivity index (χ1) is 16.3. The van der Waals surface area contributed by atoms with E-state index >= 15 is 0 Å². The van der Waals surface area contributed by atoms with Gasteiger partial charge in [0.2, 0.25) is 5.91 Å². The number of ether oxygens (including phenoxy) is 1. The van der Waals surface area contributed by atoms with Gasteiger partial charge in [0.25, 0.3) is 5.91 Å². The van der Waals surface area contributed by atoms with Crippen LogP contribution in [0, 0.1) is 5.82 Å². The van der Waals surface area contributed by atoms with Crippen molar-refractivity contribution in [2.45, 2.75) is 19.4 Å². The predicted molar refractivity (Wildman–Crippen MR) is 125 cm³/mol. The van der Waals surface area contributed by atoms with E-state index in [2.05, 4.69) is 4.98 Å². The third-order valence-corrected chi connectivity index (χ3v) is 5.95. The van der Waals surface area contributed by atoms with E-state index in [1.54, 1.807) is 29.8 Å². The Morgan fingerprint density at radius 2 is 1.94 bits per heavy atom. The molecular weight excluding hydrogens is 463 g/mol. The van der Waals surface area contributed by atoms with Crippen molar-refractivity contribution >= 4 is 29.2 Å². The lowest BCUT2D eigenvalue weighted by atomic mass is 10.1. The summed E-state index contributed by atoms with van der Waals surface area (Å²) in [6.45, 7) is 1.81. The van der Waals surface area contributed by atoms with Gasteiger partial charge < -0.3 is 14.7 Å². The highest BCUT2D eigenvalue weighted by Crippen LogP contribution is 2.36. The van der Waals surface area contributed by atoms with Gasteiger partial charge in [-0.1, -0.05) is 29.8 Å². The quantitative estimate of drug-likeness (QED) is 0.547. The molecule has 2 amide bonds. The number of aliphatic hydroxyl groups excluding tert-OH is 1. The molecule has 4 rings (SSSR count). The molecule has 3 aromatic rings. The Kier molecular flexibility index (Phi) is 6.85. The van der Waals surface area contributed by atoms with Gasteiger partial charge in [-0.3, -0.25) is 19.1 Å². The van der Waals surface area contributed by atoms with Crippen LogP contribution < -0.4 is 9.64 Å². The number of anilines is 1. The summed E-state index contributed by atoms with van der Waals surface area (Å²) in [7, 11) is 1.54. The summed E-state index contributed by atoms with van der Waals surface area (Å²) in [6, 6.07) is 12.3. The van der Waals surface area contributed by atoms with Crippen molar-refractivity contribution in [1.29, 1.82) is 0 Å². The number of benzene rings is 2. The molecule has 8 nitrogen and oxygen atoms in total. The van der Waals surface area contributed by atoms with Crippen molar-refractivity contribution in [3.63, 3.8) is 0 Å². The zero-order valence-corrected chi connectivity index (χ0v) is 19.5. The normalized spacial score (nSPS) is 14.7. The molecule has 10 heteroatoms. The molecule has 2 aromatic carbocycles. The Balaban J connectivity index is 1.88. The molecule has 0 unspecified atom stereocenters. The van der Waals surface area contributed by atoms with E-state index < -0.39 is 17.8 Å². The minimum atomic E-state index is -0.485. The average molecular weight is 487 g/mol. The first-order valence-electron chi connectivity index (χ1n) is 10.8. The molecule has 34 heavy (non-hydrogen) atoms. The maximum absolute atomic E-state index is 13.8. The van der Waals surface area contributed by atoms with Crippen molar-refractivity contribution in [3.8, 4) is 11.8 Å². The highest BCUT2D eigenvalue weighted by molar-refractivity contribution is 6.30. The smallest absolute Gasteiger partial charge is 0.305 e. The molecule has 1 aliphatic rings. The van der Waals surface area contributed by atoms with E-state index in [4.69, 9.17) is 16.3 Å². The van der Waals surface area contributed by atoms with Crippen LogP contribution >= 0.6 is 11.6 Å². The molecule has 178 valence electrons. The topological polar surface area (TPSA) is 87.9 Å². The highest BCUT2D eigenvalue weighted by Gasteiger charge is 2.37. The third-order valence-electron chi connectivity index (χ3n) is 5.70. The van der Waals surface area contributed by atoms with Crippen LogP contribution in [0.1, 0.15) is 35.4 Å². The van der Waals surface area contributed by atoms with Gasteiger partial charge in [-0.25, -0.2) is 4.39 Å². The third kappa shape index (κ3) is 4.62. The van der Waals surface area contributed by atoms with Gasteiger partial charge in [0, 0.05) is 31.3 Å². The number of fused-ring (bicyclic) bond motifs is 1. The summed E-state index contributed by atoms with van der Waals surface area (Å²) in [5.41, 5.74) is 0.988. The molecule has 0 bridgehead atoms. The molecule has 0 aliphatic carbocycles. The molecule has 0 spiro atoms. The first-order valence-corrected chi connectivity index (χ1v) is 11.2. The van der Waals surface area contributed by atoms with Crippen LogP contribution in [0.3, 0.4) is 0 Å². The van der Waals surface area contributed by atoms with Gasteiger partial charge in [0.1, 0.15) is 18.1 Å². The van der Waals surface area contributed by atoms with Crippen molar-refractivity contribution in [3.05, 3.63) is 70.6 Å². The zero-order chi connectivity index (χ0) is 24.4. The molecule has 1 aromatic heterocycles. The first kappa shape index (κ1) is 23.7. The lowest BCUT2D eigenvalue weighted by Gasteiger charge is -2.23. The lowest BCUT2D eigenvalue weighted by Crippen LogP contribution is -2.39.